The third-order valence-corrected chi connectivity index (χ3v) is 4.74. The van der Waals surface area contributed by atoms with E-state index < -0.39 is 52.4 Å². The first-order valence-corrected chi connectivity index (χ1v) is 10.4. The highest BCUT2D eigenvalue weighted by atomic mass is 31.2. The van der Waals surface area contributed by atoms with E-state index in [4.69, 9.17) is 20.3 Å². The van der Waals surface area contributed by atoms with Crippen molar-refractivity contribution in [3.8, 4) is 0 Å². The Morgan fingerprint density at radius 1 is 1.21 bits per heavy atom. The third kappa shape index (κ3) is 4.31. The molecule has 18 heteroatoms. The SMILES string of the molecule is Nc1nc2c(ncn2[C@@H]2O[C@H](CO)[C@@H](OP(=O)(O)O)[C@H]2OP(=O)(O)O)c(=O)[nH]1. The van der Waals surface area contributed by atoms with Crippen molar-refractivity contribution in [2.45, 2.75) is 24.5 Å². The number of H-pyrrole nitrogens is 1. The van der Waals surface area contributed by atoms with Crippen molar-refractivity contribution in [2.75, 3.05) is 12.3 Å². The van der Waals surface area contributed by atoms with E-state index in [0.717, 1.165) is 10.9 Å². The first-order valence-electron chi connectivity index (χ1n) is 7.36. The molecule has 156 valence electrons. The molecule has 3 rings (SSSR count). The number of phosphoric ester groups is 2. The van der Waals surface area contributed by atoms with E-state index in [1.165, 1.54) is 0 Å². The van der Waals surface area contributed by atoms with Crippen LogP contribution in [0.2, 0.25) is 0 Å². The van der Waals surface area contributed by atoms with E-state index in [2.05, 4.69) is 24.0 Å². The van der Waals surface area contributed by atoms with Gasteiger partial charge < -0.3 is 35.2 Å². The van der Waals surface area contributed by atoms with Gasteiger partial charge in [0.15, 0.2) is 17.4 Å². The molecule has 0 aliphatic carbocycles. The number of hydrogen-bond acceptors (Lipinski definition) is 10. The van der Waals surface area contributed by atoms with Crippen LogP contribution < -0.4 is 11.3 Å². The van der Waals surface area contributed by atoms with Crippen LogP contribution in [0.5, 0.6) is 0 Å². The molecule has 2 aromatic heterocycles. The summed E-state index contributed by atoms with van der Waals surface area (Å²) < 4.78 is 38.1. The lowest BCUT2D eigenvalue weighted by Crippen LogP contribution is -2.36. The molecule has 0 unspecified atom stereocenters. The zero-order valence-corrected chi connectivity index (χ0v) is 15.4. The second kappa shape index (κ2) is 7.27. The molecule has 3 heterocycles. The van der Waals surface area contributed by atoms with Crippen LogP contribution in [0.4, 0.5) is 5.95 Å². The summed E-state index contributed by atoms with van der Waals surface area (Å²) in [6.07, 6.45) is -5.60. The van der Waals surface area contributed by atoms with Gasteiger partial charge in [-0.05, 0) is 0 Å². The van der Waals surface area contributed by atoms with Gasteiger partial charge in [0.2, 0.25) is 5.95 Å². The molecule has 1 aliphatic rings. The number of phosphoric acid groups is 2. The predicted molar refractivity (Wildman–Crippen MR) is 87.4 cm³/mol. The third-order valence-electron chi connectivity index (χ3n) is 3.71. The fourth-order valence-electron chi connectivity index (χ4n) is 2.76. The molecule has 28 heavy (non-hydrogen) atoms. The largest absolute Gasteiger partial charge is 0.470 e. The number of anilines is 1. The van der Waals surface area contributed by atoms with Crippen LogP contribution >= 0.6 is 15.6 Å². The van der Waals surface area contributed by atoms with Crippen molar-refractivity contribution < 1.29 is 47.6 Å². The summed E-state index contributed by atoms with van der Waals surface area (Å²) in [6.45, 7) is -0.842. The Kier molecular flexibility index (Phi) is 5.46. The maximum Gasteiger partial charge on any atom is 0.470 e. The summed E-state index contributed by atoms with van der Waals surface area (Å²) in [5.41, 5.74) is 4.40. The Labute approximate surface area is 154 Å². The zero-order valence-electron chi connectivity index (χ0n) is 13.6. The smallest absolute Gasteiger partial charge is 0.394 e. The van der Waals surface area contributed by atoms with Gasteiger partial charge in [0.25, 0.3) is 5.56 Å². The van der Waals surface area contributed by atoms with Gasteiger partial charge in [-0.25, -0.2) is 14.1 Å². The molecule has 1 saturated heterocycles. The fourth-order valence-corrected chi connectivity index (χ4v) is 3.88. The molecular weight excluding hydrogens is 428 g/mol. The Hall–Kier alpha value is -1.71. The van der Waals surface area contributed by atoms with Gasteiger partial charge in [0.05, 0.1) is 12.9 Å². The number of fused-ring (bicyclic) bond motifs is 1. The van der Waals surface area contributed by atoms with Crippen molar-refractivity contribution in [3.63, 3.8) is 0 Å². The van der Waals surface area contributed by atoms with E-state index in [1.54, 1.807) is 0 Å². The molecule has 1 aliphatic heterocycles. The van der Waals surface area contributed by atoms with Crippen LogP contribution in [0, 0.1) is 0 Å². The predicted octanol–water partition coefficient (Wildman–Crippen LogP) is -2.45. The fraction of sp³-hybridized carbons (Fsp3) is 0.500. The summed E-state index contributed by atoms with van der Waals surface area (Å²) >= 11 is 0. The standard InChI is InChI=1S/C10H15N5O11P2/c11-10-13-7-4(8(17)14-10)12-2-15(7)9-6(26-28(21,22)23)5(3(1-16)24-9)25-27(18,19)20/h2-3,5-6,9,16H,1H2,(H2,18,19,20)(H2,21,22,23)(H3,11,13,14,17)/t3-,5-,6-,9-/m1/s1. The van der Waals surface area contributed by atoms with Crippen molar-refractivity contribution in [1.82, 2.24) is 19.5 Å². The van der Waals surface area contributed by atoms with Crippen LogP contribution in [0.1, 0.15) is 6.23 Å². The van der Waals surface area contributed by atoms with Crippen molar-refractivity contribution in [3.05, 3.63) is 16.7 Å². The van der Waals surface area contributed by atoms with Gasteiger partial charge in [-0.1, -0.05) is 0 Å². The number of nitrogen functional groups attached to an aromatic ring is 1. The number of aliphatic hydroxyl groups is 1. The highest BCUT2D eigenvalue weighted by Gasteiger charge is 2.52. The normalized spacial score (nSPS) is 26.2. The molecule has 0 amide bonds. The molecule has 0 radical (unpaired) electrons. The molecule has 0 saturated carbocycles. The molecule has 16 nitrogen and oxygen atoms in total. The maximum absolute atomic E-state index is 11.9. The van der Waals surface area contributed by atoms with Gasteiger partial charge in [-0.2, -0.15) is 4.98 Å². The molecule has 4 atom stereocenters. The van der Waals surface area contributed by atoms with Crippen molar-refractivity contribution in [2.24, 2.45) is 0 Å². The van der Waals surface area contributed by atoms with Crippen LogP contribution in [-0.2, 0) is 22.9 Å². The van der Waals surface area contributed by atoms with E-state index in [-0.39, 0.29) is 17.1 Å². The van der Waals surface area contributed by atoms with Gasteiger partial charge in [-0.15, -0.1) is 0 Å². The second-order valence-corrected chi connectivity index (χ2v) is 8.03. The van der Waals surface area contributed by atoms with Gasteiger partial charge >= 0.3 is 15.6 Å². The molecule has 1 fully saturated rings. The second-order valence-electron chi connectivity index (χ2n) is 5.64. The quantitative estimate of drug-likeness (QED) is 0.229. The Balaban J connectivity index is 2.11. The van der Waals surface area contributed by atoms with E-state index in [1.807, 2.05) is 0 Å². The van der Waals surface area contributed by atoms with Crippen LogP contribution in [0.3, 0.4) is 0 Å². The topological polar surface area (TPSA) is 253 Å². The average Bonchev–Trinajstić information content (AvgIpc) is 3.07. The summed E-state index contributed by atoms with van der Waals surface area (Å²) in [6, 6.07) is 0. The first kappa shape index (κ1) is 21.0. The number of aliphatic hydroxyl groups excluding tert-OH is 1. The number of aromatic amines is 1. The number of imidazole rings is 1. The lowest BCUT2D eigenvalue weighted by molar-refractivity contribution is -0.0503. The van der Waals surface area contributed by atoms with Crippen LogP contribution in [0.25, 0.3) is 11.2 Å². The van der Waals surface area contributed by atoms with Crippen LogP contribution in [-0.4, -0.2) is 69.1 Å². The minimum Gasteiger partial charge on any atom is -0.394 e. The minimum absolute atomic E-state index is 0.168. The monoisotopic (exact) mass is 443 g/mol. The lowest BCUT2D eigenvalue weighted by atomic mass is 10.1. The molecule has 0 aromatic carbocycles. The number of rotatable bonds is 6. The Morgan fingerprint density at radius 3 is 2.39 bits per heavy atom. The lowest BCUT2D eigenvalue weighted by Gasteiger charge is -2.24. The minimum atomic E-state index is -5.21. The van der Waals surface area contributed by atoms with Gasteiger partial charge in [0.1, 0.15) is 18.3 Å². The summed E-state index contributed by atoms with van der Waals surface area (Å²) in [4.78, 5) is 58.3. The zero-order chi connectivity index (χ0) is 20.9. The Bertz CT molecular complexity index is 1030. The first-order chi connectivity index (χ1) is 12.9. The summed E-state index contributed by atoms with van der Waals surface area (Å²) in [7, 11) is -10.4. The summed E-state index contributed by atoms with van der Waals surface area (Å²) in [5.74, 6) is -0.300. The molecular formula is C10H15N5O11P2. The van der Waals surface area contributed by atoms with Crippen molar-refractivity contribution in [1.29, 1.82) is 0 Å². The molecule has 2 aromatic rings. The summed E-state index contributed by atoms with van der Waals surface area (Å²) in [5, 5.41) is 9.44. The molecule has 8 N–H and O–H groups in total. The van der Waals surface area contributed by atoms with E-state index >= 15 is 0 Å². The number of nitrogens with zero attached hydrogens (tertiary/aromatic N) is 3. The van der Waals surface area contributed by atoms with Gasteiger partial charge in [-0.3, -0.25) is 23.4 Å². The number of hydrogen-bond donors (Lipinski definition) is 7. The number of nitrogens with one attached hydrogen (secondary N) is 1. The van der Waals surface area contributed by atoms with Crippen molar-refractivity contribution >= 4 is 32.8 Å². The van der Waals surface area contributed by atoms with E-state index in [9.17, 15) is 28.8 Å². The Morgan fingerprint density at radius 2 is 1.82 bits per heavy atom. The van der Waals surface area contributed by atoms with Crippen LogP contribution in [0.15, 0.2) is 11.1 Å². The molecule has 0 spiro atoms. The number of aromatic nitrogens is 4. The van der Waals surface area contributed by atoms with Gasteiger partial charge in [0, 0.05) is 0 Å². The number of ether oxygens (including phenoxy) is 1. The maximum atomic E-state index is 11.9. The highest BCUT2D eigenvalue weighted by molar-refractivity contribution is 7.46. The average molecular weight is 443 g/mol. The number of nitrogens with two attached hydrogens (primary N) is 1. The molecule has 0 bridgehead atoms. The highest BCUT2D eigenvalue weighted by Crippen LogP contribution is 2.49. The van der Waals surface area contributed by atoms with E-state index in [0.29, 0.717) is 0 Å².